The summed E-state index contributed by atoms with van der Waals surface area (Å²) >= 11 is 0. The fourth-order valence-corrected chi connectivity index (χ4v) is 5.58. The van der Waals surface area contributed by atoms with Crippen molar-refractivity contribution in [3.8, 4) is 0 Å². The van der Waals surface area contributed by atoms with Crippen LogP contribution in [-0.2, 0) is 14.4 Å². The van der Waals surface area contributed by atoms with Crippen LogP contribution in [0.1, 0.15) is 60.8 Å². The van der Waals surface area contributed by atoms with E-state index in [-0.39, 0.29) is 23.6 Å². The monoisotopic (exact) mass is 393 g/mol. The minimum absolute atomic E-state index is 0.00221. The number of aliphatic hydroxyl groups excluding tert-OH is 1. The number of nitrogens with zero attached hydrogens (tertiary/aromatic N) is 3. The van der Waals surface area contributed by atoms with Crippen LogP contribution in [-0.4, -0.2) is 75.5 Å². The lowest BCUT2D eigenvalue weighted by Gasteiger charge is -2.57. The van der Waals surface area contributed by atoms with E-state index in [2.05, 4.69) is 0 Å². The zero-order valence-electron chi connectivity index (χ0n) is 18.5. The van der Waals surface area contributed by atoms with Gasteiger partial charge in [-0.1, -0.05) is 27.7 Å². The van der Waals surface area contributed by atoms with E-state index in [4.69, 9.17) is 0 Å². The van der Waals surface area contributed by atoms with Crippen molar-refractivity contribution in [2.24, 2.45) is 16.7 Å². The van der Waals surface area contributed by atoms with Crippen LogP contribution in [0.5, 0.6) is 0 Å². The molecule has 28 heavy (non-hydrogen) atoms. The number of rotatable bonds is 2. The summed E-state index contributed by atoms with van der Waals surface area (Å²) in [5.41, 5.74) is -2.74. The number of likely N-dealkylation sites (N-methyl/N-ethyl adjacent to an activating group) is 1. The molecule has 158 valence electrons. The van der Waals surface area contributed by atoms with Crippen LogP contribution in [0, 0.1) is 16.7 Å². The van der Waals surface area contributed by atoms with Crippen LogP contribution in [0.25, 0.3) is 0 Å². The quantitative estimate of drug-likeness (QED) is 0.770. The van der Waals surface area contributed by atoms with Crippen molar-refractivity contribution in [2.75, 3.05) is 20.6 Å². The molecule has 3 fully saturated rings. The third-order valence-corrected chi connectivity index (χ3v) is 8.17. The highest BCUT2D eigenvalue weighted by Gasteiger charge is 2.65. The SMILES string of the molecule is C[C@H]1CC(=O)N2C[C@@](C)(C[C@@]3(C(C)(C)C)C[C@@H](O)N(C)C3=O)N(C)C(=O)[C@@]12C. The van der Waals surface area contributed by atoms with Gasteiger partial charge in [0.1, 0.15) is 11.8 Å². The van der Waals surface area contributed by atoms with E-state index >= 15 is 0 Å². The summed E-state index contributed by atoms with van der Waals surface area (Å²) in [5, 5.41) is 10.4. The Kier molecular flexibility index (Phi) is 4.47. The third kappa shape index (κ3) is 2.47. The van der Waals surface area contributed by atoms with E-state index in [9.17, 15) is 19.5 Å². The summed E-state index contributed by atoms with van der Waals surface area (Å²) in [6, 6.07) is 0. The molecular formula is C21H35N3O4. The molecule has 3 heterocycles. The Bertz CT molecular complexity index is 732. The third-order valence-electron chi connectivity index (χ3n) is 8.17. The first-order valence-electron chi connectivity index (χ1n) is 10.2. The summed E-state index contributed by atoms with van der Waals surface area (Å²) in [4.78, 5) is 44.3. The molecule has 3 aliphatic heterocycles. The molecule has 0 unspecified atom stereocenters. The lowest BCUT2D eigenvalue weighted by molar-refractivity contribution is -0.170. The van der Waals surface area contributed by atoms with Crippen LogP contribution >= 0.6 is 0 Å². The fraction of sp³-hybridized carbons (Fsp3) is 0.857. The van der Waals surface area contributed by atoms with Crippen molar-refractivity contribution in [3.05, 3.63) is 0 Å². The molecular weight excluding hydrogens is 358 g/mol. The van der Waals surface area contributed by atoms with Gasteiger partial charge in [0, 0.05) is 33.5 Å². The highest BCUT2D eigenvalue weighted by atomic mass is 16.3. The summed E-state index contributed by atoms with van der Waals surface area (Å²) in [6.07, 6.45) is 0.265. The molecule has 1 N–H and O–H groups in total. The first kappa shape index (κ1) is 21.1. The second kappa shape index (κ2) is 5.94. The molecule has 0 aromatic rings. The number of likely N-dealkylation sites (tertiary alicyclic amines) is 1. The molecule has 3 rings (SSSR count). The molecule has 0 bridgehead atoms. The Morgan fingerprint density at radius 1 is 1.11 bits per heavy atom. The van der Waals surface area contributed by atoms with Gasteiger partial charge in [0.05, 0.1) is 11.0 Å². The maximum Gasteiger partial charge on any atom is 0.248 e. The number of hydrogen-bond donors (Lipinski definition) is 1. The maximum atomic E-state index is 13.4. The lowest BCUT2D eigenvalue weighted by Crippen LogP contribution is -2.72. The molecule has 0 aromatic carbocycles. The summed E-state index contributed by atoms with van der Waals surface area (Å²) in [5.74, 6) is -0.202. The number of carbonyl (C=O) groups is 3. The van der Waals surface area contributed by atoms with Crippen LogP contribution in [0.3, 0.4) is 0 Å². The van der Waals surface area contributed by atoms with E-state index in [0.717, 1.165) is 0 Å². The van der Waals surface area contributed by atoms with Crippen molar-refractivity contribution < 1.29 is 19.5 Å². The number of carbonyl (C=O) groups excluding carboxylic acids is 3. The molecule has 0 saturated carbocycles. The van der Waals surface area contributed by atoms with Gasteiger partial charge in [-0.05, 0) is 31.6 Å². The van der Waals surface area contributed by atoms with Crippen molar-refractivity contribution >= 4 is 17.7 Å². The van der Waals surface area contributed by atoms with E-state index in [1.807, 2.05) is 41.5 Å². The van der Waals surface area contributed by atoms with Crippen molar-refractivity contribution in [1.82, 2.24) is 14.7 Å². The van der Waals surface area contributed by atoms with Crippen molar-refractivity contribution in [1.29, 1.82) is 0 Å². The van der Waals surface area contributed by atoms with Crippen molar-refractivity contribution in [2.45, 2.75) is 78.1 Å². The van der Waals surface area contributed by atoms with Gasteiger partial charge >= 0.3 is 0 Å². The predicted molar refractivity (Wildman–Crippen MR) is 105 cm³/mol. The van der Waals surface area contributed by atoms with Crippen molar-refractivity contribution in [3.63, 3.8) is 0 Å². The zero-order chi connectivity index (χ0) is 21.4. The number of amides is 3. The van der Waals surface area contributed by atoms with Gasteiger partial charge in [0.15, 0.2) is 0 Å². The second-order valence-corrected chi connectivity index (χ2v) is 10.7. The van der Waals surface area contributed by atoms with E-state index in [1.54, 1.807) is 23.9 Å². The van der Waals surface area contributed by atoms with Gasteiger partial charge in [-0.15, -0.1) is 0 Å². The second-order valence-electron chi connectivity index (χ2n) is 10.7. The van der Waals surface area contributed by atoms with Crippen LogP contribution < -0.4 is 0 Å². The van der Waals surface area contributed by atoms with E-state index in [1.165, 1.54) is 4.90 Å². The first-order valence-corrected chi connectivity index (χ1v) is 10.2. The standard InChI is InChI=1S/C21H35N3O4/c1-13-9-14(25)24-12-19(5,23(8)16(27)20(13,24)6)11-21(18(2,3)4)10-15(26)22(7)17(21)28/h13,15,26H,9-12H2,1-8H3/t13-,15+,19+,20+,21-/m0/s1. The van der Waals surface area contributed by atoms with Gasteiger partial charge in [-0.25, -0.2) is 0 Å². The Labute approximate surface area is 168 Å². The summed E-state index contributed by atoms with van der Waals surface area (Å²) < 4.78 is 0. The molecule has 3 aliphatic rings. The van der Waals surface area contributed by atoms with Gasteiger partial charge < -0.3 is 19.8 Å². The fourth-order valence-electron chi connectivity index (χ4n) is 5.58. The minimum atomic E-state index is -0.835. The maximum absolute atomic E-state index is 13.4. The molecule has 0 radical (unpaired) electrons. The van der Waals surface area contributed by atoms with Gasteiger partial charge in [0.2, 0.25) is 17.7 Å². The van der Waals surface area contributed by atoms with Gasteiger partial charge in [0.25, 0.3) is 0 Å². The topological polar surface area (TPSA) is 81.2 Å². The molecule has 5 atom stereocenters. The lowest BCUT2D eigenvalue weighted by atomic mass is 9.59. The Morgan fingerprint density at radius 2 is 1.68 bits per heavy atom. The van der Waals surface area contributed by atoms with E-state index < -0.39 is 28.1 Å². The molecule has 3 amide bonds. The van der Waals surface area contributed by atoms with Crippen LogP contribution in [0.4, 0.5) is 0 Å². The summed E-state index contributed by atoms with van der Waals surface area (Å²) in [7, 11) is 3.41. The summed E-state index contributed by atoms with van der Waals surface area (Å²) in [6.45, 7) is 12.2. The van der Waals surface area contributed by atoms with E-state index in [0.29, 0.717) is 25.8 Å². The Hall–Kier alpha value is -1.63. The number of hydrogen-bond acceptors (Lipinski definition) is 4. The number of aliphatic hydroxyl groups is 1. The number of fused-ring (bicyclic) bond motifs is 1. The Balaban J connectivity index is 2.04. The number of piperazine rings is 1. The molecule has 0 aromatic heterocycles. The Morgan fingerprint density at radius 3 is 2.14 bits per heavy atom. The van der Waals surface area contributed by atoms with Crippen LogP contribution in [0.2, 0.25) is 0 Å². The highest BCUT2D eigenvalue weighted by Crippen LogP contribution is 2.55. The molecule has 7 nitrogen and oxygen atoms in total. The molecule has 0 aliphatic carbocycles. The first-order chi connectivity index (χ1) is 12.6. The largest absolute Gasteiger partial charge is 0.373 e. The molecule has 7 heteroatoms. The predicted octanol–water partition coefficient (Wildman–Crippen LogP) is 1.45. The highest BCUT2D eigenvalue weighted by molar-refractivity contribution is 5.96. The van der Waals surface area contributed by atoms with Gasteiger partial charge in [-0.2, -0.15) is 0 Å². The molecule has 3 saturated heterocycles. The average Bonchev–Trinajstić information content (AvgIpc) is 2.93. The smallest absolute Gasteiger partial charge is 0.248 e. The van der Waals surface area contributed by atoms with Crippen LogP contribution in [0.15, 0.2) is 0 Å². The normalized spacial score (nSPS) is 41.9. The zero-order valence-corrected chi connectivity index (χ0v) is 18.5. The minimum Gasteiger partial charge on any atom is -0.373 e. The van der Waals surface area contributed by atoms with Gasteiger partial charge in [-0.3, -0.25) is 14.4 Å². The molecule has 0 spiro atoms. The average molecular weight is 394 g/mol.